The largest absolute Gasteiger partial charge is 0.416 e. The maximum atomic E-state index is 12.9. The van der Waals surface area contributed by atoms with Gasteiger partial charge in [-0.05, 0) is 25.1 Å². The van der Waals surface area contributed by atoms with Crippen LogP contribution in [0.4, 0.5) is 19.0 Å². The predicted molar refractivity (Wildman–Crippen MR) is 104 cm³/mol. The van der Waals surface area contributed by atoms with Crippen molar-refractivity contribution < 1.29 is 22.5 Å². The van der Waals surface area contributed by atoms with Crippen LogP contribution >= 0.6 is 11.6 Å². The van der Waals surface area contributed by atoms with Gasteiger partial charge in [-0.2, -0.15) is 13.2 Å². The predicted octanol–water partition coefficient (Wildman–Crippen LogP) is 3.75. The summed E-state index contributed by atoms with van der Waals surface area (Å²) >= 11 is 5.95. The third kappa shape index (κ3) is 4.01. The molecule has 0 spiro atoms. The molecule has 4 rings (SSSR count). The summed E-state index contributed by atoms with van der Waals surface area (Å²) in [4.78, 5) is 26.9. The van der Waals surface area contributed by atoms with Crippen molar-refractivity contribution in [2.24, 2.45) is 0 Å². The second kappa shape index (κ2) is 7.54. The molecule has 31 heavy (non-hydrogen) atoms. The summed E-state index contributed by atoms with van der Waals surface area (Å²) in [5.41, 5.74) is 5.55. The Balaban J connectivity index is 1.55. The molecule has 0 radical (unpaired) electrons. The Morgan fingerprint density at radius 2 is 2.06 bits per heavy atom. The van der Waals surface area contributed by atoms with Gasteiger partial charge in [-0.3, -0.25) is 4.79 Å². The zero-order chi connectivity index (χ0) is 22.3. The summed E-state index contributed by atoms with van der Waals surface area (Å²) in [7, 11) is 0. The molecule has 0 unspecified atom stereocenters. The number of benzene rings is 1. The van der Waals surface area contributed by atoms with Gasteiger partial charge in [0.25, 0.3) is 5.91 Å². The highest BCUT2D eigenvalue weighted by Crippen LogP contribution is 2.32. The van der Waals surface area contributed by atoms with Gasteiger partial charge in [0.1, 0.15) is 22.9 Å². The van der Waals surface area contributed by atoms with E-state index in [-0.39, 0.29) is 33.6 Å². The van der Waals surface area contributed by atoms with E-state index >= 15 is 0 Å². The number of carbonyl (C=O) groups excluding carboxylic acids is 1. The Morgan fingerprint density at radius 3 is 2.81 bits per heavy atom. The quantitative estimate of drug-likeness (QED) is 0.430. The first kappa shape index (κ1) is 20.6. The number of hydrogen-bond donors (Lipinski definition) is 3. The average molecular weight is 452 g/mol. The fraction of sp³-hybridized carbons (Fsp3) is 0.167. The third-order valence-corrected chi connectivity index (χ3v) is 4.77. The molecule has 0 saturated carbocycles. The molecule has 1 atom stereocenters. The zero-order valence-electron chi connectivity index (χ0n) is 15.7. The molecule has 4 aromatic rings. The van der Waals surface area contributed by atoms with Gasteiger partial charge >= 0.3 is 6.18 Å². The third-order valence-electron chi connectivity index (χ3n) is 4.39. The minimum Gasteiger partial charge on any atom is -0.382 e. The van der Waals surface area contributed by atoms with Gasteiger partial charge in [0, 0.05) is 6.07 Å². The monoisotopic (exact) mass is 451 g/mol. The number of hydrogen-bond acceptors (Lipinski definition) is 7. The molecule has 0 aliphatic heterocycles. The van der Waals surface area contributed by atoms with Gasteiger partial charge in [-0.15, -0.1) is 0 Å². The summed E-state index contributed by atoms with van der Waals surface area (Å²) in [5.74, 6) is -0.250. The molecule has 3 aromatic heterocycles. The van der Waals surface area contributed by atoms with Crippen molar-refractivity contribution in [1.82, 2.24) is 30.4 Å². The smallest absolute Gasteiger partial charge is 0.382 e. The van der Waals surface area contributed by atoms with Crippen LogP contribution < -0.4 is 11.1 Å². The van der Waals surface area contributed by atoms with E-state index < -0.39 is 23.7 Å². The Labute approximate surface area is 176 Å². The van der Waals surface area contributed by atoms with Crippen LogP contribution in [0.3, 0.4) is 0 Å². The van der Waals surface area contributed by atoms with Crippen molar-refractivity contribution in [2.75, 3.05) is 5.73 Å². The Kier molecular flexibility index (Phi) is 5.01. The van der Waals surface area contributed by atoms with E-state index in [9.17, 15) is 18.0 Å². The molecule has 0 aliphatic carbocycles. The van der Waals surface area contributed by atoms with Crippen molar-refractivity contribution in [3.05, 3.63) is 52.6 Å². The van der Waals surface area contributed by atoms with Crippen molar-refractivity contribution in [2.45, 2.75) is 19.1 Å². The molecule has 0 fully saturated rings. The minimum absolute atomic E-state index is 0.0308. The molecular weight excluding hydrogens is 439 g/mol. The van der Waals surface area contributed by atoms with Crippen LogP contribution in [0, 0.1) is 0 Å². The SMILES string of the molecule is C[C@@H](NC(=O)c1ncnc(N)c1Cl)c1cc(-c2nc3ccc(C(F)(F)F)cc3[nH]2)on1. The van der Waals surface area contributed by atoms with Crippen LogP contribution in [0.2, 0.25) is 5.02 Å². The number of H-pyrrole nitrogens is 1. The molecule has 0 bridgehead atoms. The molecule has 0 aliphatic rings. The maximum absolute atomic E-state index is 12.9. The van der Waals surface area contributed by atoms with E-state index in [1.54, 1.807) is 6.92 Å². The van der Waals surface area contributed by atoms with E-state index in [2.05, 4.69) is 30.4 Å². The van der Waals surface area contributed by atoms with Crippen molar-refractivity contribution in [1.29, 1.82) is 0 Å². The molecule has 1 aromatic carbocycles. The number of nitrogens with one attached hydrogen (secondary N) is 2. The molecule has 160 valence electrons. The number of aromatic amines is 1. The average Bonchev–Trinajstić information content (AvgIpc) is 3.35. The molecule has 3 heterocycles. The number of nitrogens with zero attached hydrogens (tertiary/aromatic N) is 4. The van der Waals surface area contributed by atoms with Crippen LogP contribution in [0.1, 0.15) is 34.7 Å². The maximum Gasteiger partial charge on any atom is 0.416 e. The number of nitrogen functional groups attached to an aromatic ring is 1. The van der Waals surface area contributed by atoms with Gasteiger partial charge < -0.3 is 20.6 Å². The van der Waals surface area contributed by atoms with E-state index in [0.29, 0.717) is 11.2 Å². The van der Waals surface area contributed by atoms with Gasteiger partial charge in [0.2, 0.25) is 5.76 Å². The van der Waals surface area contributed by atoms with Gasteiger partial charge in [0.05, 0.1) is 22.6 Å². The number of imidazole rings is 1. The molecule has 4 N–H and O–H groups in total. The van der Waals surface area contributed by atoms with Gasteiger partial charge in [-0.25, -0.2) is 15.0 Å². The van der Waals surface area contributed by atoms with E-state index in [1.165, 1.54) is 12.1 Å². The van der Waals surface area contributed by atoms with Crippen LogP contribution in [-0.2, 0) is 6.18 Å². The lowest BCUT2D eigenvalue weighted by atomic mass is 10.2. The number of anilines is 1. The summed E-state index contributed by atoms with van der Waals surface area (Å²) in [5, 5.41) is 6.46. The second-order valence-electron chi connectivity index (χ2n) is 6.55. The van der Waals surface area contributed by atoms with Crippen molar-refractivity contribution >= 4 is 34.4 Å². The summed E-state index contributed by atoms with van der Waals surface area (Å²) in [6.07, 6.45) is -3.36. The number of aromatic nitrogens is 5. The number of rotatable bonds is 4. The highest BCUT2D eigenvalue weighted by atomic mass is 35.5. The molecule has 13 heteroatoms. The van der Waals surface area contributed by atoms with Crippen LogP contribution in [-0.4, -0.2) is 31.0 Å². The van der Waals surface area contributed by atoms with Gasteiger partial charge in [-0.1, -0.05) is 16.8 Å². The molecule has 0 saturated heterocycles. The van der Waals surface area contributed by atoms with Crippen molar-refractivity contribution in [3.63, 3.8) is 0 Å². The van der Waals surface area contributed by atoms with Crippen molar-refractivity contribution in [3.8, 4) is 11.6 Å². The number of halogens is 4. The topological polar surface area (TPSA) is 136 Å². The number of alkyl halides is 3. The first-order valence-corrected chi connectivity index (χ1v) is 9.12. The highest BCUT2D eigenvalue weighted by molar-refractivity contribution is 6.35. The lowest BCUT2D eigenvalue weighted by molar-refractivity contribution is -0.137. The lowest BCUT2D eigenvalue weighted by Gasteiger charge is -2.11. The van der Waals surface area contributed by atoms with E-state index in [1.807, 2.05) is 0 Å². The number of nitrogens with two attached hydrogens (primary N) is 1. The second-order valence-corrected chi connectivity index (χ2v) is 6.93. The Morgan fingerprint density at radius 1 is 1.29 bits per heavy atom. The van der Waals surface area contributed by atoms with Gasteiger partial charge in [0.15, 0.2) is 11.5 Å². The summed E-state index contributed by atoms with van der Waals surface area (Å²) < 4.78 is 43.9. The summed E-state index contributed by atoms with van der Waals surface area (Å²) in [6, 6.07) is 4.06. The first-order valence-electron chi connectivity index (χ1n) is 8.74. The van der Waals surface area contributed by atoms with Crippen LogP contribution in [0.25, 0.3) is 22.6 Å². The van der Waals surface area contributed by atoms with E-state index in [4.69, 9.17) is 21.9 Å². The Bertz CT molecular complexity index is 1280. The first-order chi connectivity index (χ1) is 14.6. The number of amides is 1. The minimum atomic E-state index is -4.47. The van der Waals surface area contributed by atoms with E-state index in [0.717, 1.165) is 18.5 Å². The molecule has 9 nitrogen and oxygen atoms in total. The Hall–Kier alpha value is -3.67. The summed E-state index contributed by atoms with van der Waals surface area (Å²) in [6.45, 7) is 1.65. The lowest BCUT2D eigenvalue weighted by Crippen LogP contribution is -2.28. The molecular formula is C18H13ClF3N7O2. The number of carbonyl (C=O) groups is 1. The zero-order valence-corrected chi connectivity index (χ0v) is 16.4. The fourth-order valence-corrected chi connectivity index (χ4v) is 2.97. The molecule has 1 amide bonds. The normalized spacial score (nSPS) is 12.8. The fourth-order valence-electron chi connectivity index (χ4n) is 2.79. The highest BCUT2D eigenvalue weighted by Gasteiger charge is 2.31. The van der Waals surface area contributed by atoms with Crippen LogP contribution in [0.15, 0.2) is 35.1 Å². The standard InChI is InChI=1S/C18H13ClF3N7O2/c1-7(26-17(30)14-13(19)15(23)25-6-24-14)10-5-12(31-29-10)16-27-9-3-2-8(18(20,21)22)4-11(9)28-16/h2-7H,1H3,(H,26,30)(H,27,28)(H2,23,24,25)/t7-/m1/s1. The number of fused-ring (bicyclic) bond motifs is 1. The van der Waals surface area contributed by atoms with Crippen LogP contribution in [0.5, 0.6) is 0 Å².